The van der Waals surface area contributed by atoms with Crippen molar-refractivity contribution in [1.29, 1.82) is 0 Å². The van der Waals surface area contributed by atoms with Crippen LogP contribution in [0.1, 0.15) is 17.3 Å². The molecule has 0 atom stereocenters. The van der Waals surface area contributed by atoms with Crippen LogP contribution in [0.3, 0.4) is 0 Å². The van der Waals surface area contributed by atoms with Crippen molar-refractivity contribution in [3.63, 3.8) is 0 Å². The van der Waals surface area contributed by atoms with Gasteiger partial charge in [-0.2, -0.15) is 5.10 Å². The number of hydrogen-bond acceptors (Lipinski definition) is 8. The van der Waals surface area contributed by atoms with Crippen LogP contribution in [0.25, 0.3) is 21.5 Å². The molecular formula is C22H21ClN8O2S. The van der Waals surface area contributed by atoms with Gasteiger partial charge in [0.1, 0.15) is 5.01 Å². The normalized spacial score (nSPS) is 13.8. The molecule has 3 heterocycles. The fraction of sp³-hybridized carbons (Fsp3) is 0.227. The minimum Gasteiger partial charge on any atom is -0.336 e. The van der Waals surface area contributed by atoms with E-state index in [1.54, 1.807) is 29.3 Å². The molecule has 1 fully saturated rings. The molecule has 10 nitrogen and oxygen atoms in total. The molecule has 0 aliphatic carbocycles. The van der Waals surface area contributed by atoms with Gasteiger partial charge in [-0.3, -0.25) is 14.7 Å². The highest BCUT2D eigenvalue weighted by molar-refractivity contribution is 7.18. The van der Waals surface area contributed by atoms with Crippen LogP contribution in [0.15, 0.2) is 36.5 Å². The maximum Gasteiger partial charge on any atom is 0.254 e. The molecule has 1 saturated heterocycles. The second-order valence-corrected chi connectivity index (χ2v) is 9.17. The standard InChI is InChI=1S/C22H21ClN8O2S/c1-12(32)26-15-9-13(8-14(10-15)21(33)31-6-4-24-5-7-31)20-29-30-22(34-20)27-18-3-2-17-16(19(18)23)11-25-28-17/h2-3,8-11,24H,4-7H2,1H3,(H,25,28)(H,26,32)(H,27,30). The number of fused-ring (bicyclic) bond motifs is 1. The van der Waals surface area contributed by atoms with Crippen molar-refractivity contribution >= 4 is 62.2 Å². The monoisotopic (exact) mass is 496 g/mol. The highest BCUT2D eigenvalue weighted by Crippen LogP contribution is 2.35. The summed E-state index contributed by atoms with van der Waals surface area (Å²) < 4.78 is 0. The first-order valence-electron chi connectivity index (χ1n) is 10.6. The van der Waals surface area contributed by atoms with E-state index < -0.39 is 0 Å². The smallest absolute Gasteiger partial charge is 0.254 e. The summed E-state index contributed by atoms with van der Waals surface area (Å²) in [4.78, 5) is 26.6. The highest BCUT2D eigenvalue weighted by Gasteiger charge is 2.20. The minimum absolute atomic E-state index is 0.0852. The van der Waals surface area contributed by atoms with E-state index in [4.69, 9.17) is 11.6 Å². The number of nitrogens with zero attached hydrogens (tertiary/aromatic N) is 4. The third kappa shape index (κ3) is 4.58. The number of carbonyl (C=O) groups is 2. The number of aromatic amines is 1. The average molecular weight is 497 g/mol. The van der Waals surface area contributed by atoms with Crippen LogP contribution in [0.5, 0.6) is 0 Å². The van der Waals surface area contributed by atoms with Gasteiger partial charge in [0, 0.05) is 55.3 Å². The van der Waals surface area contributed by atoms with E-state index in [1.807, 2.05) is 12.1 Å². The molecule has 0 unspecified atom stereocenters. The number of H-pyrrole nitrogens is 1. The fourth-order valence-electron chi connectivity index (χ4n) is 3.79. The molecule has 4 aromatic rings. The van der Waals surface area contributed by atoms with Crippen LogP contribution < -0.4 is 16.0 Å². The summed E-state index contributed by atoms with van der Waals surface area (Å²) in [6.07, 6.45) is 1.67. The van der Waals surface area contributed by atoms with E-state index in [0.717, 1.165) is 24.0 Å². The van der Waals surface area contributed by atoms with Gasteiger partial charge in [-0.05, 0) is 30.3 Å². The Morgan fingerprint density at radius 3 is 2.76 bits per heavy atom. The molecule has 1 aliphatic rings. The molecule has 0 spiro atoms. The van der Waals surface area contributed by atoms with Gasteiger partial charge >= 0.3 is 0 Å². The number of hydrogen-bond donors (Lipinski definition) is 4. The SMILES string of the molecule is CC(=O)Nc1cc(C(=O)N2CCNCC2)cc(-c2nnc(Nc3ccc4[nH]ncc4c3Cl)s2)c1. The number of aromatic nitrogens is 4. The average Bonchev–Trinajstić information content (AvgIpc) is 3.50. The molecule has 174 valence electrons. The Bertz CT molecular complexity index is 1380. The Hall–Kier alpha value is -3.54. The lowest BCUT2D eigenvalue weighted by atomic mass is 10.1. The van der Waals surface area contributed by atoms with Crippen LogP contribution in [0.4, 0.5) is 16.5 Å². The Morgan fingerprint density at radius 2 is 1.97 bits per heavy atom. The molecule has 0 bridgehead atoms. The highest BCUT2D eigenvalue weighted by atomic mass is 35.5. The Labute approximate surface area is 203 Å². The third-order valence-electron chi connectivity index (χ3n) is 5.38. The number of halogens is 1. The zero-order valence-electron chi connectivity index (χ0n) is 18.2. The summed E-state index contributed by atoms with van der Waals surface area (Å²) in [6, 6.07) is 8.97. The Balaban J connectivity index is 1.44. The first-order valence-corrected chi connectivity index (χ1v) is 11.8. The predicted molar refractivity (Wildman–Crippen MR) is 133 cm³/mol. The summed E-state index contributed by atoms with van der Waals surface area (Å²) in [5.41, 5.74) is 3.22. The summed E-state index contributed by atoms with van der Waals surface area (Å²) in [7, 11) is 0. The lowest BCUT2D eigenvalue weighted by Gasteiger charge is -2.27. The molecule has 2 aromatic heterocycles. The molecule has 4 N–H and O–H groups in total. The van der Waals surface area contributed by atoms with Gasteiger partial charge < -0.3 is 20.9 Å². The molecule has 1 aliphatic heterocycles. The molecule has 2 aromatic carbocycles. The molecule has 2 amide bonds. The van der Waals surface area contributed by atoms with E-state index in [2.05, 4.69) is 36.3 Å². The fourth-order valence-corrected chi connectivity index (χ4v) is 4.79. The Kier molecular flexibility index (Phi) is 6.14. The molecule has 0 saturated carbocycles. The molecule has 34 heavy (non-hydrogen) atoms. The van der Waals surface area contributed by atoms with Gasteiger partial charge in [0.25, 0.3) is 5.91 Å². The van der Waals surface area contributed by atoms with Crippen molar-refractivity contribution in [1.82, 2.24) is 30.6 Å². The van der Waals surface area contributed by atoms with Crippen molar-refractivity contribution in [3.05, 3.63) is 47.1 Å². The molecule has 0 radical (unpaired) electrons. The zero-order valence-corrected chi connectivity index (χ0v) is 19.8. The van der Waals surface area contributed by atoms with Crippen LogP contribution in [0, 0.1) is 0 Å². The largest absolute Gasteiger partial charge is 0.336 e. The zero-order chi connectivity index (χ0) is 23.7. The first kappa shape index (κ1) is 22.3. The number of amides is 2. The van der Waals surface area contributed by atoms with Crippen molar-refractivity contribution in [2.45, 2.75) is 6.92 Å². The van der Waals surface area contributed by atoms with Crippen LogP contribution in [0.2, 0.25) is 5.02 Å². The summed E-state index contributed by atoms with van der Waals surface area (Å²) >= 11 is 7.82. The molecular weight excluding hydrogens is 476 g/mol. The number of piperazine rings is 1. The van der Waals surface area contributed by atoms with Gasteiger partial charge in [0.05, 0.1) is 22.4 Å². The van der Waals surface area contributed by atoms with E-state index in [1.165, 1.54) is 18.3 Å². The van der Waals surface area contributed by atoms with Gasteiger partial charge in [-0.1, -0.05) is 22.9 Å². The van der Waals surface area contributed by atoms with Crippen molar-refractivity contribution in [2.75, 3.05) is 36.8 Å². The van der Waals surface area contributed by atoms with Gasteiger partial charge in [0.2, 0.25) is 11.0 Å². The van der Waals surface area contributed by atoms with Crippen LogP contribution in [-0.2, 0) is 4.79 Å². The van der Waals surface area contributed by atoms with Crippen molar-refractivity contribution in [3.8, 4) is 10.6 Å². The molecule has 12 heteroatoms. The second-order valence-electron chi connectivity index (χ2n) is 7.82. The number of rotatable bonds is 5. The number of carbonyl (C=O) groups excluding carboxylic acids is 2. The third-order valence-corrected chi connectivity index (χ3v) is 6.67. The van der Waals surface area contributed by atoms with Gasteiger partial charge in [-0.25, -0.2) is 0 Å². The number of nitrogens with one attached hydrogen (secondary N) is 4. The van der Waals surface area contributed by atoms with Crippen LogP contribution >= 0.6 is 22.9 Å². The summed E-state index contributed by atoms with van der Waals surface area (Å²) in [5.74, 6) is -0.306. The number of benzene rings is 2. The van der Waals surface area contributed by atoms with Crippen molar-refractivity contribution in [2.24, 2.45) is 0 Å². The summed E-state index contributed by atoms with van der Waals surface area (Å²) in [5, 5.41) is 27.1. The topological polar surface area (TPSA) is 128 Å². The van der Waals surface area contributed by atoms with E-state index >= 15 is 0 Å². The van der Waals surface area contributed by atoms with E-state index in [0.29, 0.717) is 50.8 Å². The Morgan fingerprint density at radius 1 is 1.15 bits per heavy atom. The van der Waals surface area contributed by atoms with Crippen LogP contribution in [-0.4, -0.2) is 63.3 Å². The first-order chi connectivity index (χ1) is 16.5. The maximum absolute atomic E-state index is 13.1. The number of anilines is 3. The van der Waals surface area contributed by atoms with Crippen molar-refractivity contribution < 1.29 is 9.59 Å². The quantitative estimate of drug-likeness (QED) is 0.333. The van der Waals surface area contributed by atoms with E-state index in [-0.39, 0.29) is 11.8 Å². The summed E-state index contributed by atoms with van der Waals surface area (Å²) in [6.45, 7) is 4.20. The lowest BCUT2D eigenvalue weighted by molar-refractivity contribution is -0.114. The lowest BCUT2D eigenvalue weighted by Crippen LogP contribution is -2.46. The maximum atomic E-state index is 13.1. The van der Waals surface area contributed by atoms with Gasteiger partial charge in [0.15, 0.2) is 0 Å². The minimum atomic E-state index is -0.221. The second kappa shape index (κ2) is 9.37. The van der Waals surface area contributed by atoms with E-state index in [9.17, 15) is 9.59 Å². The predicted octanol–water partition coefficient (Wildman–Crippen LogP) is 3.48. The molecule has 5 rings (SSSR count). The van der Waals surface area contributed by atoms with Gasteiger partial charge in [-0.15, -0.1) is 10.2 Å².